The van der Waals surface area contributed by atoms with Crippen molar-refractivity contribution in [3.8, 4) is 16.3 Å². The van der Waals surface area contributed by atoms with Gasteiger partial charge in [0.15, 0.2) is 5.06 Å². The van der Waals surface area contributed by atoms with E-state index in [1.165, 1.54) is 11.5 Å². The van der Waals surface area contributed by atoms with Crippen molar-refractivity contribution in [1.29, 1.82) is 0 Å². The standard InChI is InChI=1S/C18H18ClN3OS/c1-2-3-17(13-4-5-14(19)15(20)10-13)23-18-11-16(22-24-18)12-6-8-21-9-7-12/h4-11,17H,2-3,20H2,1H3. The molecule has 2 heterocycles. The number of hydrogen-bond acceptors (Lipinski definition) is 5. The Labute approximate surface area is 150 Å². The molecule has 4 nitrogen and oxygen atoms in total. The van der Waals surface area contributed by atoms with E-state index in [2.05, 4.69) is 16.3 Å². The van der Waals surface area contributed by atoms with Gasteiger partial charge >= 0.3 is 0 Å². The molecule has 2 N–H and O–H groups in total. The van der Waals surface area contributed by atoms with Crippen molar-refractivity contribution >= 4 is 28.8 Å². The molecule has 0 spiro atoms. The second kappa shape index (κ2) is 7.64. The second-order valence-electron chi connectivity index (χ2n) is 5.44. The minimum atomic E-state index is -0.0692. The van der Waals surface area contributed by atoms with Crippen LogP contribution in [0, 0.1) is 0 Å². The molecule has 24 heavy (non-hydrogen) atoms. The summed E-state index contributed by atoms with van der Waals surface area (Å²) in [5.74, 6) is 0. The number of rotatable bonds is 6. The molecule has 0 saturated carbocycles. The van der Waals surface area contributed by atoms with E-state index in [1.54, 1.807) is 12.4 Å². The smallest absolute Gasteiger partial charge is 0.194 e. The summed E-state index contributed by atoms with van der Waals surface area (Å²) >= 11 is 7.37. The zero-order valence-corrected chi connectivity index (χ0v) is 14.8. The first-order valence-corrected chi connectivity index (χ1v) is 8.91. The van der Waals surface area contributed by atoms with Crippen LogP contribution in [0.5, 0.6) is 5.06 Å². The maximum atomic E-state index is 6.18. The summed E-state index contributed by atoms with van der Waals surface area (Å²) in [7, 11) is 0. The fourth-order valence-corrected chi connectivity index (χ4v) is 3.22. The van der Waals surface area contributed by atoms with Crippen LogP contribution in [0.15, 0.2) is 48.8 Å². The lowest BCUT2D eigenvalue weighted by Crippen LogP contribution is -2.07. The molecule has 1 aromatic carbocycles. The maximum Gasteiger partial charge on any atom is 0.194 e. The van der Waals surface area contributed by atoms with Crippen molar-refractivity contribution in [2.75, 3.05) is 5.73 Å². The highest BCUT2D eigenvalue weighted by Crippen LogP contribution is 2.33. The number of ether oxygens (including phenoxy) is 1. The molecule has 0 fully saturated rings. The molecule has 2 aromatic heterocycles. The van der Waals surface area contributed by atoms with E-state index in [1.807, 2.05) is 36.4 Å². The van der Waals surface area contributed by atoms with Crippen molar-refractivity contribution in [2.24, 2.45) is 0 Å². The molecule has 6 heteroatoms. The molecule has 0 amide bonds. The van der Waals surface area contributed by atoms with E-state index in [0.29, 0.717) is 10.7 Å². The van der Waals surface area contributed by atoms with Gasteiger partial charge in [-0.25, -0.2) is 0 Å². The van der Waals surface area contributed by atoms with Crippen LogP contribution < -0.4 is 10.5 Å². The van der Waals surface area contributed by atoms with Gasteiger partial charge in [0.2, 0.25) is 0 Å². The molecule has 3 rings (SSSR count). The third-order valence-corrected chi connectivity index (χ3v) is 4.69. The Bertz CT molecular complexity index is 807. The van der Waals surface area contributed by atoms with E-state index >= 15 is 0 Å². The van der Waals surface area contributed by atoms with E-state index in [0.717, 1.165) is 34.7 Å². The average Bonchev–Trinajstić information content (AvgIpc) is 3.06. The summed E-state index contributed by atoms with van der Waals surface area (Å²) in [6, 6.07) is 11.5. The van der Waals surface area contributed by atoms with Gasteiger partial charge < -0.3 is 10.5 Å². The van der Waals surface area contributed by atoms with Crippen LogP contribution in [0.3, 0.4) is 0 Å². The Morgan fingerprint density at radius 2 is 2.00 bits per heavy atom. The van der Waals surface area contributed by atoms with Crippen molar-refractivity contribution < 1.29 is 4.74 Å². The van der Waals surface area contributed by atoms with Gasteiger partial charge in [0, 0.05) is 35.6 Å². The summed E-state index contributed by atoms with van der Waals surface area (Å²) in [5, 5.41) is 1.35. The molecule has 0 saturated heterocycles. The topological polar surface area (TPSA) is 61.0 Å². The number of nitrogens with zero attached hydrogens (tertiary/aromatic N) is 2. The quantitative estimate of drug-likeness (QED) is 0.602. The van der Waals surface area contributed by atoms with E-state index < -0.39 is 0 Å². The second-order valence-corrected chi connectivity index (χ2v) is 6.62. The van der Waals surface area contributed by atoms with Crippen molar-refractivity contribution in [3.05, 3.63) is 59.4 Å². The molecule has 0 aliphatic carbocycles. The fourth-order valence-electron chi connectivity index (χ4n) is 2.43. The highest BCUT2D eigenvalue weighted by atomic mass is 35.5. The lowest BCUT2D eigenvalue weighted by atomic mass is 10.0. The third-order valence-electron chi connectivity index (χ3n) is 3.67. The lowest BCUT2D eigenvalue weighted by molar-refractivity contribution is 0.200. The first-order valence-electron chi connectivity index (χ1n) is 7.76. The first-order chi connectivity index (χ1) is 11.7. The summed E-state index contributed by atoms with van der Waals surface area (Å²) in [5.41, 5.74) is 9.44. The predicted molar refractivity (Wildman–Crippen MR) is 99.5 cm³/mol. The van der Waals surface area contributed by atoms with Crippen LogP contribution in [0.4, 0.5) is 5.69 Å². The van der Waals surface area contributed by atoms with Crippen LogP contribution >= 0.6 is 23.1 Å². The van der Waals surface area contributed by atoms with Crippen LogP contribution in [0.2, 0.25) is 5.02 Å². The van der Waals surface area contributed by atoms with Gasteiger partial charge in [-0.05, 0) is 36.2 Å². The van der Waals surface area contributed by atoms with Gasteiger partial charge in [-0.15, -0.1) is 0 Å². The number of hydrogen-bond donors (Lipinski definition) is 1. The number of aromatic nitrogens is 2. The number of pyridine rings is 1. The van der Waals surface area contributed by atoms with Gasteiger partial charge in [-0.2, -0.15) is 4.37 Å². The zero-order valence-electron chi connectivity index (χ0n) is 13.3. The van der Waals surface area contributed by atoms with Crippen LogP contribution in [0.1, 0.15) is 31.4 Å². The average molecular weight is 360 g/mol. The number of nitrogens with two attached hydrogens (primary N) is 1. The highest BCUT2D eigenvalue weighted by molar-refractivity contribution is 7.08. The zero-order chi connectivity index (χ0) is 16.9. The molecule has 0 radical (unpaired) electrons. The number of nitrogen functional groups attached to an aromatic ring is 1. The largest absolute Gasteiger partial charge is 0.475 e. The Morgan fingerprint density at radius 3 is 2.71 bits per heavy atom. The molecule has 1 unspecified atom stereocenters. The number of halogens is 1. The number of benzene rings is 1. The highest BCUT2D eigenvalue weighted by Gasteiger charge is 2.16. The normalized spacial score (nSPS) is 12.1. The van der Waals surface area contributed by atoms with Gasteiger partial charge in [0.05, 0.1) is 16.4 Å². The van der Waals surface area contributed by atoms with Crippen molar-refractivity contribution in [1.82, 2.24) is 9.36 Å². The molecule has 0 aliphatic heterocycles. The van der Waals surface area contributed by atoms with Crippen molar-refractivity contribution in [3.63, 3.8) is 0 Å². The van der Waals surface area contributed by atoms with Crippen LogP contribution in [0.25, 0.3) is 11.3 Å². The van der Waals surface area contributed by atoms with Gasteiger partial charge in [0.1, 0.15) is 6.10 Å². The van der Waals surface area contributed by atoms with Gasteiger partial charge in [-0.3, -0.25) is 4.98 Å². The third kappa shape index (κ3) is 3.86. The predicted octanol–water partition coefficient (Wildman–Crippen LogP) is 5.36. The molecular weight excluding hydrogens is 342 g/mol. The van der Waals surface area contributed by atoms with E-state index in [9.17, 15) is 0 Å². The summed E-state index contributed by atoms with van der Waals surface area (Å²) in [4.78, 5) is 4.03. The molecule has 0 aliphatic rings. The minimum Gasteiger partial charge on any atom is -0.475 e. The first kappa shape index (κ1) is 16.7. The minimum absolute atomic E-state index is 0.0692. The molecule has 3 aromatic rings. The van der Waals surface area contributed by atoms with Crippen LogP contribution in [-0.2, 0) is 0 Å². The number of anilines is 1. The molecule has 0 bridgehead atoms. The lowest BCUT2D eigenvalue weighted by Gasteiger charge is -2.18. The Morgan fingerprint density at radius 1 is 1.21 bits per heavy atom. The van der Waals surface area contributed by atoms with Gasteiger partial charge in [0.25, 0.3) is 0 Å². The molecule has 1 atom stereocenters. The fraction of sp³-hybridized carbons (Fsp3) is 0.222. The monoisotopic (exact) mass is 359 g/mol. The summed E-state index contributed by atoms with van der Waals surface area (Å²) in [6.45, 7) is 2.13. The van der Waals surface area contributed by atoms with Crippen LogP contribution in [-0.4, -0.2) is 9.36 Å². The SMILES string of the molecule is CCCC(Oc1cc(-c2ccncc2)ns1)c1ccc(Cl)c(N)c1. The Kier molecular flexibility index (Phi) is 5.33. The van der Waals surface area contributed by atoms with E-state index in [-0.39, 0.29) is 6.10 Å². The maximum absolute atomic E-state index is 6.18. The molecular formula is C18H18ClN3OS. The van der Waals surface area contributed by atoms with Gasteiger partial charge in [-0.1, -0.05) is 31.0 Å². The van der Waals surface area contributed by atoms with E-state index in [4.69, 9.17) is 22.1 Å². The summed E-state index contributed by atoms with van der Waals surface area (Å²) < 4.78 is 10.6. The van der Waals surface area contributed by atoms with Crippen molar-refractivity contribution in [2.45, 2.75) is 25.9 Å². The Balaban J connectivity index is 1.81. The Hall–Kier alpha value is -2.11. The molecule has 124 valence electrons. The summed E-state index contributed by atoms with van der Waals surface area (Å²) in [6.07, 6.45) is 5.34.